The maximum atomic E-state index is 8.92. The van der Waals surface area contributed by atoms with Crippen LogP contribution < -0.4 is 5.73 Å². The smallest absolute Gasteiger partial charge is 0.153 e. The van der Waals surface area contributed by atoms with Crippen LogP contribution in [-0.4, -0.2) is 60.0 Å². The fourth-order valence-electron chi connectivity index (χ4n) is 4.16. The average Bonchev–Trinajstić information content (AvgIpc) is 3.17. The molecule has 2 saturated heterocycles. The Morgan fingerprint density at radius 1 is 1.24 bits per heavy atom. The van der Waals surface area contributed by atoms with Gasteiger partial charge in [0.15, 0.2) is 5.84 Å². The van der Waals surface area contributed by atoms with Crippen LogP contribution in [0.3, 0.4) is 0 Å². The van der Waals surface area contributed by atoms with Crippen LogP contribution >= 0.6 is 0 Å². The first kappa shape index (κ1) is 15.1. The van der Waals surface area contributed by atoms with Crippen LogP contribution in [0.25, 0.3) is 0 Å². The normalized spacial score (nSPS) is 35.1. The molecule has 2 atom stereocenters. The lowest BCUT2D eigenvalue weighted by molar-refractivity contribution is -0.109. The SMILES string of the molecule is NC(CN(C1CCCC1)C1CCOC2(CCOC2)C1)=NO. The third-order valence-corrected chi connectivity index (χ3v) is 5.27. The maximum absolute atomic E-state index is 8.92. The minimum Gasteiger partial charge on any atom is -0.409 e. The Morgan fingerprint density at radius 3 is 2.71 bits per heavy atom. The van der Waals surface area contributed by atoms with E-state index < -0.39 is 0 Å². The molecule has 6 heteroatoms. The highest BCUT2D eigenvalue weighted by atomic mass is 16.6. The highest BCUT2D eigenvalue weighted by Gasteiger charge is 2.43. The van der Waals surface area contributed by atoms with E-state index >= 15 is 0 Å². The second-order valence-corrected chi connectivity index (χ2v) is 6.68. The van der Waals surface area contributed by atoms with Crippen molar-refractivity contribution < 1.29 is 14.7 Å². The first-order valence-electron chi connectivity index (χ1n) is 8.16. The van der Waals surface area contributed by atoms with Gasteiger partial charge in [-0.2, -0.15) is 0 Å². The molecule has 3 N–H and O–H groups in total. The van der Waals surface area contributed by atoms with Crippen LogP contribution in [0.15, 0.2) is 5.16 Å². The Kier molecular flexibility index (Phi) is 4.66. The van der Waals surface area contributed by atoms with Gasteiger partial charge in [0.25, 0.3) is 0 Å². The van der Waals surface area contributed by atoms with Gasteiger partial charge in [0.2, 0.25) is 0 Å². The molecule has 1 saturated carbocycles. The van der Waals surface area contributed by atoms with Gasteiger partial charge in [-0.15, -0.1) is 0 Å². The summed E-state index contributed by atoms with van der Waals surface area (Å²) in [6, 6.07) is 1.01. The predicted octanol–water partition coefficient (Wildman–Crippen LogP) is 1.32. The van der Waals surface area contributed by atoms with Crippen molar-refractivity contribution in [3.05, 3.63) is 0 Å². The molecule has 0 aromatic carbocycles. The van der Waals surface area contributed by atoms with Crippen molar-refractivity contribution in [2.45, 2.75) is 62.6 Å². The number of nitrogens with zero attached hydrogens (tertiary/aromatic N) is 2. The quantitative estimate of drug-likeness (QED) is 0.354. The third-order valence-electron chi connectivity index (χ3n) is 5.27. The topological polar surface area (TPSA) is 80.3 Å². The summed E-state index contributed by atoms with van der Waals surface area (Å²) in [5.74, 6) is 0.310. The second kappa shape index (κ2) is 6.50. The van der Waals surface area contributed by atoms with E-state index in [0.717, 1.165) is 32.5 Å². The van der Waals surface area contributed by atoms with Gasteiger partial charge in [0, 0.05) is 31.7 Å². The van der Waals surface area contributed by atoms with Crippen molar-refractivity contribution in [1.82, 2.24) is 4.90 Å². The lowest BCUT2D eigenvalue weighted by atomic mass is 9.88. The maximum Gasteiger partial charge on any atom is 0.153 e. The Labute approximate surface area is 126 Å². The van der Waals surface area contributed by atoms with Crippen molar-refractivity contribution in [3.8, 4) is 0 Å². The highest BCUT2D eigenvalue weighted by Crippen LogP contribution is 2.37. The van der Waals surface area contributed by atoms with Crippen molar-refractivity contribution in [3.63, 3.8) is 0 Å². The highest BCUT2D eigenvalue weighted by molar-refractivity contribution is 5.81. The van der Waals surface area contributed by atoms with Crippen molar-refractivity contribution >= 4 is 5.84 Å². The molecule has 2 unspecified atom stereocenters. The van der Waals surface area contributed by atoms with Gasteiger partial charge < -0.3 is 20.4 Å². The molecule has 3 aliphatic rings. The van der Waals surface area contributed by atoms with E-state index in [0.29, 0.717) is 31.1 Å². The monoisotopic (exact) mass is 297 g/mol. The number of hydrogen-bond acceptors (Lipinski definition) is 5. The number of ether oxygens (including phenoxy) is 2. The molecule has 21 heavy (non-hydrogen) atoms. The molecule has 2 heterocycles. The standard InChI is InChI=1S/C15H27N3O3/c16-14(17-19)10-18(12-3-1-2-4-12)13-5-7-21-15(9-13)6-8-20-11-15/h12-13,19H,1-11H2,(H2,16,17). The van der Waals surface area contributed by atoms with E-state index in [-0.39, 0.29) is 5.60 Å². The first-order chi connectivity index (χ1) is 10.2. The molecule has 0 aromatic heterocycles. The zero-order valence-electron chi connectivity index (χ0n) is 12.7. The molecule has 6 nitrogen and oxygen atoms in total. The number of nitrogens with two attached hydrogens (primary N) is 1. The minimum atomic E-state index is -0.0924. The van der Waals surface area contributed by atoms with Gasteiger partial charge in [-0.25, -0.2) is 0 Å². The van der Waals surface area contributed by atoms with E-state index in [1.807, 2.05) is 0 Å². The largest absolute Gasteiger partial charge is 0.409 e. The number of hydrogen-bond donors (Lipinski definition) is 2. The molecular weight excluding hydrogens is 270 g/mol. The van der Waals surface area contributed by atoms with Crippen LogP contribution in [0, 0.1) is 0 Å². The van der Waals surface area contributed by atoms with Crippen LogP contribution in [0.4, 0.5) is 0 Å². The van der Waals surface area contributed by atoms with E-state index in [1.165, 1.54) is 25.7 Å². The summed E-state index contributed by atoms with van der Waals surface area (Å²) in [5, 5.41) is 12.1. The molecular formula is C15H27N3O3. The molecule has 3 rings (SSSR count). The minimum absolute atomic E-state index is 0.0924. The van der Waals surface area contributed by atoms with E-state index in [4.69, 9.17) is 20.4 Å². The number of rotatable bonds is 4. The molecule has 2 aliphatic heterocycles. The predicted molar refractivity (Wildman–Crippen MR) is 79.5 cm³/mol. The van der Waals surface area contributed by atoms with Gasteiger partial charge in [0.1, 0.15) is 0 Å². The molecule has 3 fully saturated rings. The molecule has 0 amide bonds. The van der Waals surface area contributed by atoms with E-state index in [1.54, 1.807) is 0 Å². The van der Waals surface area contributed by atoms with Crippen molar-refractivity contribution in [2.24, 2.45) is 10.9 Å². The van der Waals surface area contributed by atoms with Crippen molar-refractivity contribution in [2.75, 3.05) is 26.4 Å². The van der Waals surface area contributed by atoms with Gasteiger partial charge in [-0.1, -0.05) is 18.0 Å². The van der Waals surface area contributed by atoms with Crippen LogP contribution in [0.2, 0.25) is 0 Å². The molecule has 1 spiro atoms. The molecule has 120 valence electrons. The fraction of sp³-hybridized carbons (Fsp3) is 0.933. The van der Waals surface area contributed by atoms with Crippen molar-refractivity contribution in [1.29, 1.82) is 0 Å². The van der Waals surface area contributed by atoms with Gasteiger partial charge >= 0.3 is 0 Å². The summed E-state index contributed by atoms with van der Waals surface area (Å²) in [6.45, 7) is 2.86. The van der Waals surface area contributed by atoms with Gasteiger partial charge in [0.05, 0.1) is 18.8 Å². The van der Waals surface area contributed by atoms with Crippen LogP contribution in [0.1, 0.15) is 44.9 Å². The summed E-state index contributed by atoms with van der Waals surface area (Å²) in [5.41, 5.74) is 5.70. The molecule has 1 aliphatic carbocycles. The first-order valence-corrected chi connectivity index (χ1v) is 8.16. The summed E-state index contributed by atoms with van der Waals surface area (Å²) in [6.07, 6.45) is 8.04. The molecule has 0 radical (unpaired) electrons. The fourth-order valence-corrected chi connectivity index (χ4v) is 4.16. The summed E-state index contributed by atoms with van der Waals surface area (Å²) in [7, 11) is 0. The average molecular weight is 297 g/mol. The molecule has 0 bridgehead atoms. The van der Waals surface area contributed by atoms with Gasteiger partial charge in [-0.05, 0) is 25.7 Å². The van der Waals surface area contributed by atoms with Crippen LogP contribution in [-0.2, 0) is 9.47 Å². The second-order valence-electron chi connectivity index (χ2n) is 6.68. The lowest BCUT2D eigenvalue weighted by Crippen LogP contribution is -2.53. The Bertz CT molecular complexity index is 376. The Balaban J connectivity index is 1.71. The zero-order valence-corrected chi connectivity index (χ0v) is 12.7. The third kappa shape index (κ3) is 3.33. The Hall–Kier alpha value is -0.850. The number of amidine groups is 1. The summed E-state index contributed by atoms with van der Waals surface area (Å²) in [4.78, 5) is 2.46. The summed E-state index contributed by atoms with van der Waals surface area (Å²) >= 11 is 0. The Morgan fingerprint density at radius 2 is 2.05 bits per heavy atom. The van der Waals surface area contributed by atoms with Crippen LogP contribution in [0.5, 0.6) is 0 Å². The zero-order chi connectivity index (χ0) is 14.7. The van der Waals surface area contributed by atoms with Gasteiger partial charge in [-0.3, -0.25) is 4.90 Å². The molecule has 0 aromatic rings. The van der Waals surface area contributed by atoms with E-state index in [2.05, 4.69) is 10.1 Å². The lowest BCUT2D eigenvalue weighted by Gasteiger charge is -2.44. The summed E-state index contributed by atoms with van der Waals surface area (Å²) < 4.78 is 11.6. The number of oxime groups is 1. The van der Waals surface area contributed by atoms with E-state index in [9.17, 15) is 0 Å².